The lowest BCUT2D eigenvalue weighted by Crippen LogP contribution is -2.49. The molecule has 3 rings (SSSR count). The van der Waals surface area contributed by atoms with Gasteiger partial charge in [0.2, 0.25) is 5.82 Å². The van der Waals surface area contributed by atoms with Gasteiger partial charge in [0.15, 0.2) is 0 Å². The smallest absolute Gasteiger partial charge is 0.293 e. The predicted molar refractivity (Wildman–Crippen MR) is 67.8 cm³/mol. The van der Waals surface area contributed by atoms with Gasteiger partial charge in [0, 0.05) is 38.6 Å². The quantitative estimate of drug-likeness (QED) is 0.761. The first kappa shape index (κ1) is 12.6. The molecule has 2 aliphatic rings. The Balaban J connectivity index is 1.57. The fourth-order valence-electron chi connectivity index (χ4n) is 2.37. The molecule has 0 unspecified atom stereocenters. The molecule has 19 heavy (non-hydrogen) atoms. The fraction of sp³-hybridized carbons (Fsp3) is 0.750. The average molecular weight is 265 g/mol. The monoisotopic (exact) mass is 265 g/mol. The van der Waals surface area contributed by atoms with Crippen LogP contribution in [-0.4, -0.2) is 75.3 Å². The summed E-state index contributed by atoms with van der Waals surface area (Å²) in [6, 6.07) is 0. The van der Waals surface area contributed by atoms with Crippen LogP contribution in [0.4, 0.5) is 0 Å². The maximum atomic E-state index is 12.2. The molecule has 2 fully saturated rings. The van der Waals surface area contributed by atoms with Crippen molar-refractivity contribution in [1.82, 2.24) is 25.0 Å². The van der Waals surface area contributed by atoms with E-state index in [0.717, 1.165) is 31.8 Å². The first-order valence-corrected chi connectivity index (χ1v) is 6.82. The van der Waals surface area contributed by atoms with Gasteiger partial charge in [-0.05, 0) is 12.8 Å². The van der Waals surface area contributed by atoms with Crippen LogP contribution in [0.15, 0.2) is 0 Å². The number of piperazine rings is 1. The van der Waals surface area contributed by atoms with E-state index in [1.807, 2.05) is 0 Å². The van der Waals surface area contributed by atoms with Gasteiger partial charge in [-0.15, -0.1) is 5.10 Å². The molecule has 104 valence electrons. The van der Waals surface area contributed by atoms with Crippen molar-refractivity contribution in [3.8, 4) is 0 Å². The Hall–Kier alpha value is -1.47. The molecule has 0 atom stereocenters. The van der Waals surface area contributed by atoms with Gasteiger partial charge in [-0.2, -0.15) is 0 Å². The molecule has 1 aliphatic carbocycles. The van der Waals surface area contributed by atoms with Crippen molar-refractivity contribution in [2.24, 2.45) is 0 Å². The van der Waals surface area contributed by atoms with Gasteiger partial charge >= 0.3 is 0 Å². The maximum absolute atomic E-state index is 12.2. The van der Waals surface area contributed by atoms with Gasteiger partial charge in [0.05, 0.1) is 6.61 Å². The van der Waals surface area contributed by atoms with Crippen molar-refractivity contribution < 1.29 is 9.90 Å². The number of hydrogen-bond acceptors (Lipinski definition) is 5. The van der Waals surface area contributed by atoms with E-state index in [2.05, 4.69) is 20.1 Å². The molecule has 1 saturated carbocycles. The molecule has 0 bridgehead atoms. The molecule has 7 nitrogen and oxygen atoms in total. The van der Waals surface area contributed by atoms with E-state index in [1.165, 1.54) is 0 Å². The fourth-order valence-corrected chi connectivity index (χ4v) is 2.37. The van der Waals surface area contributed by atoms with Gasteiger partial charge in [-0.3, -0.25) is 14.8 Å². The molecule has 2 N–H and O–H groups in total. The second-order valence-corrected chi connectivity index (χ2v) is 5.18. The Morgan fingerprint density at radius 1 is 1.32 bits per heavy atom. The number of amides is 1. The van der Waals surface area contributed by atoms with Gasteiger partial charge in [-0.1, -0.05) is 0 Å². The van der Waals surface area contributed by atoms with Crippen LogP contribution in [-0.2, 0) is 0 Å². The highest BCUT2D eigenvalue weighted by molar-refractivity contribution is 5.90. The van der Waals surface area contributed by atoms with E-state index in [9.17, 15) is 4.79 Å². The summed E-state index contributed by atoms with van der Waals surface area (Å²) in [6.07, 6.45) is 2.28. The van der Waals surface area contributed by atoms with E-state index in [1.54, 1.807) is 4.90 Å². The molecular weight excluding hydrogens is 246 g/mol. The van der Waals surface area contributed by atoms with E-state index < -0.39 is 0 Å². The van der Waals surface area contributed by atoms with Gasteiger partial charge in [0.25, 0.3) is 5.91 Å². The molecule has 0 aromatic carbocycles. The van der Waals surface area contributed by atoms with Crippen LogP contribution in [0.25, 0.3) is 0 Å². The van der Waals surface area contributed by atoms with E-state index >= 15 is 0 Å². The third-order valence-corrected chi connectivity index (χ3v) is 3.73. The lowest BCUT2D eigenvalue weighted by Gasteiger charge is -2.33. The average Bonchev–Trinajstić information content (AvgIpc) is 3.17. The second kappa shape index (κ2) is 5.26. The lowest BCUT2D eigenvalue weighted by atomic mass is 10.3. The summed E-state index contributed by atoms with van der Waals surface area (Å²) in [4.78, 5) is 20.5. The summed E-state index contributed by atoms with van der Waals surface area (Å²) in [5.41, 5.74) is 0. The summed E-state index contributed by atoms with van der Waals surface area (Å²) in [7, 11) is 0. The van der Waals surface area contributed by atoms with Gasteiger partial charge < -0.3 is 10.0 Å². The number of aromatic amines is 1. The molecule has 1 amide bonds. The van der Waals surface area contributed by atoms with Crippen molar-refractivity contribution in [2.45, 2.75) is 18.8 Å². The highest BCUT2D eigenvalue weighted by Crippen LogP contribution is 2.37. The molecule has 0 spiro atoms. The molecule has 1 saturated heterocycles. The van der Waals surface area contributed by atoms with Crippen LogP contribution >= 0.6 is 0 Å². The zero-order valence-electron chi connectivity index (χ0n) is 10.9. The third kappa shape index (κ3) is 2.76. The second-order valence-electron chi connectivity index (χ2n) is 5.18. The van der Waals surface area contributed by atoms with Crippen LogP contribution in [0.2, 0.25) is 0 Å². The zero-order chi connectivity index (χ0) is 13.2. The van der Waals surface area contributed by atoms with Crippen molar-refractivity contribution >= 4 is 5.91 Å². The number of carbonyl (C=O) groups is 1. The topological polar surface area (TPSA) is 85.4 Å². The molecule has 2 heterocycles. The number of nitrogens with one attached hydrogen (secondary N) is 1. The molecule has 1 aromatic heterocycles. The Labute approximate surface area is 111 Å². The van der Waals surface area contributed by atoms with Gasteiger partial charge in [-0.25, -0.2) is 4.98 Å². The van der Waals surface area contributed by atoms with E-state index in [-0.39, 0.29) is 18.3 Å². The summed E-state index contributed by atoms with van der Waals surface area (Å²) in [5, 5.41) is 15.8. The van der Waals surface area contributed by atoms with Crippen molar-refractivity contribution in [3.63, 3.8) is 0 Å². The Bertz CT molecular complexity index is 449. The Morgan fingerprint density at radius 2 is 2.05 bits per heavy atom. The largest absolute Gasteiger partial charge is 0.395 e. The lowest BCUT2D eigenvalue weighted by molar-refractivity contribution is 0.0603. The number of aliphatic hydroxyl groups excluding tert-OH is 1. The predicted octanol–water partition coefficient (Wildman–Crippen LogP) is -0.568. The molecule has 1 aromatic rings. The van der Waals surface area contributed by atoms with Crippen LogP contribution in [0.1, 0.15) is 35.2 Å². The third-order valence-electron chi connectivity index (χ3n) is 3.73. The number of β-amino-alcohol motifs (C(OH)–C–C–N with tert-alkyl or cyclic N) is 1. The molecule has 7 heteroatoms. The van der Waals surface area contributed by atoms with E-state index in [0.29, 0.717) is 25.6 Å². The van der Waals surface area contributed by atoms with Crippen LogP contribution < -0.4 is 0 Å². The van der Waals surface area contributed by atoms with Crippen molar-refractivity contribution in [1.29, 1.82) is 0 Å². The Morgan fingerprint density at radius 3 is 2.68 bits per heavy atom. The Kier molecular flexibility index (Phi) is 3.48. The highest BCUT2D eigenvalue weighted by Gasteiger charge is 2.30. The normalized spacial score (nSPS) is 20.8. The van der Waals surface area contributed by atoms with E-state index in [4.69, 9.17) is 5.11 Å². The van der Waals surface area contributed by atoms with Crippen molar-refractivity contribution in [2.75, 3.05) is 39.3 Å². The molecule has 0 radical (unpaired) electrons. The first-order valence-electron chi connectivity index (χ1n) is 6.82. The minimum absolute atomic E-state index is 0.0909. The molecule has 1 aliphatic heterocycles. The standard InChI is InChI=1S/C12H19N5O2/c18-8-7-16-3-5-17(6-4-16)12(19)11-13-10(14-15-11)9-1-2-9/h9,18H,1-8H2,(H,13,14,15). The number of hydrogen-bond donors (Lipinski definition) is 2. The van der Waals surface area contributed by atoms with Crippen molar-refractivity contribution in [3.05, 3.63) is 11.6 Å². The number of carbonyl (C=O) groups excluding carboxylic acids is 1. The maximum Gasteiger partial charge on any atom is 0.293 e. The van der Waals surface area contributed by atoms with Crippen LogP contribution in [0.3, 0.4) is 0 Å². The number of rotatable bonds is 4. The van der Waals surface area contributed by atoms with Crippen LogP contribution in [0.5, 0.6) is 0 Å². The highest BCUT2D eigenvalue weighted by atomic mass is 16.3. The number of H-pyrrole nitrogens is 1. The zero-order valence-corrected chi connectivity index (χ0v) is 10.9. The number of aliphatic hydroxyl groups is 1. The SMILES string of the molecule is O=C(c1n[nH]c(C2CC2)n1)N1CCN(CCO)CC1. The van der Waals surface area contributed by atoms with Gasteiger partial charge in [0.1, 0.15) is 5.82 Å². The molecular formula is C12H19N5O2. The van der Waals surface area contributed by atoms with Crippen LogP contribution in [0, 0.1) is 0 Å². The summed E-state index contributed by atoms with van der Waals surface area (Å²) < 4.78 is 0. The minimum atomic E-state index is -0.0909. The summed E-state index contributed by atoms with van der Waals surface area (Å²) in [6.45, 7) is 3.78. The summed E-state index contributed by atoms with van der Waals surface area (Å²) >= 11 is 0. The minimum Gasteiger partial charge on any atom is -0.395 e. The first-order chi connectivity index (χ1) is 9.28. The summed E-state index contributed by atoms with van der Waals surface area (Å²) in [5.74, 6) is 1.53. The number of nitrogens with zero attached hydrogens (tertiary/aromatic N) is 4. The number of aromatic nitrogens is 3.